The molecule has 2 aromatic carbocycles. The fourth-order valence-corrected chi connectivity index (χ4v) is 5.08. The molecule has 0 radical (unpaired) electrons. The van der Waals surface area contributed by atoms with E-state index in [1.165, 1.54) is 0 Å². The van der Waals surface area contributed by atoms with E-state index < -0.39 is 13.3 Å². The maximum absolute atomic E-state index is 13.6. The van der Waals surface area contributed by atoms with Crippen LogP contribution in [0, 0.1) is 0 Å². The summed E-state index contributed by atoms with van der Waals surface area (Å²) in [5.74, 6) is 0. The van der Waals surface area contributed by atoms with E-state index in [4.69, 9.17) is 14.1 Å². The molecule has 0 saturated carbocycles. The Bertz CT molecular complexity index is 856. The molecule has 2 aromatic rings. The van der Waals surface area contributed by atoms with Crippen molar-refractivity contribution in [2.75, 3.05) is 20.3 Å². The lowest BCUT2D eigenvalue weighted by molar-refractivity contribution is 0.219. The predicted molar refractivity (Wildman–Crippen MR) is 110 cm³/mol. The molecule has 0 fully saturated rings. The Hall–Kier alpha value is -2.20. The van der Waals surface area contributed by atoms with Crippen molar-refractivity contribution < 1.29 is 13.6 Å². The monoisotopic (exact) mass is 384 g/mol. The molecule has 0 aromatic heterocycles. The van der Waals surface area contributed by atoms with Gasteiger partial charge in [0.2, 0.25) is 0 Å². The maximum atomic E-state index is 13.6. The van der Waals surface area contributed by atoms with Crippen LogP contribution in [-0.4, -0.2) is 36.6 Å². The lowest BCUT2D eigenvalue weighted by Crippen LogP contribution is -2.31. The van der Waals surface area contributed by atoms with Crippen molar-refractivity contribution in [2.24, 2.45) is 5.10 Å². The zero-order chi connectivity index (χ0) is 19.3. The minimum Gasteiger partial charge on any atom is -0.308 e. The highest BCUT2D eigenvalue weighted by Crippen LogP contribution is 2.56. The third kappa shape index (κ3) is 4.22. The summed E-state index contributed by atoms with van der Waals surface area (Å²) in [7, 11) is -1.54. The summed E-state index contributed by atoms with van der Waals surface area (Å²) in [6.07, 6.45) is 1.96. The smallest absolute Gasteiger partial charge is 0.308 e. The zero-order valence-electron chi connectivity index (χ0n) is 15.9. The SMILES string of the molecule is CCOP(=O)(OCC)C1C=C(c2ccccc2)N(C)N=C1c1ccccc1. The first kappa shape index (κ1) is 19.6. The van der Waals surface area contributed by atoms with E-state index >= 15 is 0 Å². The highest BCUT2D eigenvalue weighted by molar-refractivity contribution is 7.56. The molecule has 1 aliphatic rings. The van der Waals surface area contributed by atoms with Gasteiger partial charge < -0.3 is 9.05 Å². The van der Waals surface area contributed by atoms with Gasteiger partial charge in [0.15, 0.2) is 0 Å². The van der Waals surface area contributed by atoms with Crippen molar-refractivity contribution >= 4 is 19.0 Å². The summed E-state index contributed by atoms with van der Waals surface area (Å²) < 4.78 is 25.0. The number of hydrogen-bond acceptors (Lipinski definition) is 5. The minimum atomic E-state index is -3.43. The number of benzene rings is 2. The Morgan fingerprint density at radius 3 is 1.96 bits per heavy atom. The van der Waals surface area contributed by atoms with Gasteiger partial charge in [0, 0.05) is 7.05 Å². The van der Waals surface area contributed by atoms with Crippen LogP contribution in [0.2, 0.25) is 0 Å². The topological polar surface area (TPSA) is 51.1 Å². The van der Waals surface area contributed by atoms with Crippen LogP contribution in [0.25, 0.3) is 5.70 Å². The summed E-state index contributed by atoms with van der Waals surface area (Å²) >= 11 is 0. The van der Waals surface area contributed by atoms with Crippen molar-refractivity contribution in [2.45, 2.75) is 19.5 Å². The second kappa shape index (κ2) is 8.66. The standard InChI is InChI=1S/C21H25N2O3P/c1-4-25-27(24,26-5-2)20-16-19(17-12-8-6-9-13-17)23(3)22-21(20)18-14-10-7-11-15-18/h6-16,20H,4-5H2,1-3H3. The first-order valence-corrected chi connectivity index (χ1v) is 10.7. The largest absolute Gasteiger partial charge is 0.343 e. The number of hydrazone groups is 1. The third-order valence-electron chi connectivity index (χ3n) is 4.30. The Morgan fingerprint density at radius 2 is 1.44 bits per heavy atom. The predicted octanol–water partition coefficient (Wildman–Crippen LogP) is 5.01. The first-order chi connectivity index (χ1) is 13.1. The Balaban J connectivity index is 2.13. The Labute approximate surface area is 160 Å². The molecular formula is C21H25N2O3P. The number of allylic oxidation sites excluding steroid dienone is 1. The average molecular weight is 384 g/mol. The van der Waals surface area contributed by atoms with Crippen molar-refractivity contribution in [1.29, 1.82) is 0 Å². The molecule has 142 valence electrons. The van der Waals surface area contributed by atoms with Gasteiger partial charge in [-0.15, -0.1) is 0 Å². The molecule has 1 heterocycles. The molecule has 3 rings (SSSR count). The maximum Gasteiger partial charge on any atom is 0.343 e. The fraction of sp³-hybridized carbons (Fsp3) is 0.286. The molecule has 6 heteroatoms. The highest BCUT2D eigenvalue weighted by Gasteiger charge is 2.41. The van der Waals surface area contributed by atoms with E-state index in [9.17, 15) is 4.57 Å². The van der Waals surface area contributed by atoms with Gasteiger partial charge in [-0.05, 0) is 31.1 Å². The second-order valence-corrected chi connectivity index (χ2v) is 8.27. The van der Waals surface area contributed by atoms with Crippen LogP contribution < -0.4 is 0 Å². The van der Waals surface area contributed by atoms with E-state index in [1.54, 1.807) is 0 Å². The van der Waals surface area contributed by atoms with Gasteiger partial charge in [-0.3, -0.25) is 9.57 Å². The van der Waals surface area contributed by atoms with Crippen LogP contribution in [-0.2, 0) is 13.6 Å². The average Bonchev–Trinajstić information content (AvgIpc) is 2.69. The summed E-state index contributed by atoms with van der Waals surface area (Å²) in [4.78, 5) is 0. The summed E-state index contributed by atoms with van der Waals surface area (Å²) in [5.41, 5.74) is 2.88. The van der Waals surface area contributed by atoms with Crippen LogP contribution in [0.3, 0.4) is 0 Å². The van der Waals surface area contributed by atoms with Gasteiger partial charge in [0.05, 0.1) is 24.6 Å². The van der Waals surface area contributed by atoms with Crippen molar-refractivity contribution in [3.8, 4) is 0 Å². The minimum absolute atomic E-state index is 0.306. The van der Waals surface area contributed by atoms with Gasteiger partial charge in [-0.25, -0.2) is 0 Å². The summed E-state index contributed by atoms with van der Waals surface area (Å²) in [5, 5.41) is 6.59. The van der Waals surface area contributed by atoms with E-state index in [-0.39, 0.29) is 0 Å². The van der Waals surface area contributed by atoms with Gasteiger partial charge in [0.25, 0.3) is 0 Å². The quantitative estimate of drug-likeness (QED) is 0.630. The van der Waals surface area contributed by atoms with E-state index in [0.29, 0.717) is 18.9 Å². The molecule has 0 bridgehead atoms. The normalized spacial score (nSPS) is 17.4. The molecule has 1 aliphatic heterocycles. The number of nitrogens with zero attached hydrogens (tertiary/aromatic N) is 2. The van der Waals surface area contributed by atoms with Crippen LogP contribution in [0.4, 0.5) is 0 Å². The van der Waals surface area contributed by atoms with Gasteiger partial charge in [-0.1, -0.05) is 60.7 Å². The van der Waals surface area contributed by atoms with E-state index in [0.717, 1.165) is 16.8 Å². The molecule has 0 amide bonds. The Kier molecular flexibility index (Phi) is 6.27. The van der Waals surface area contributed by atoms with Gasteiger partial charge >= 0.3 is 7.60 Å². The molecule has 27 heavy (non-hydrogen) atoms. The second-order valence-electron chi connectivity index (χ2n) is 6.11. The molecule has 0 spiro atoms. The summed E-state index contributed by atoms with van der Waals surface area (Å²) in [6, 6.07) is 19.7. The lowest BCUT2D eigenvalue weighted by Gasteiger charge is -2.32. The fourth-order valence-electron chi connectivity index (χ4n) is 3.14. The van der Waals surface area contributed by atoms with Crippen molar-refractivity contribution in [3.63, 3.8) is 0 Å². The summed E-state index contributed by atoms with van der Waals surface area (Å²) in [6.45, 7) is 4.25. The van der Waals surface area contributed by atoms with Crippen LogP contribution in [0.5, 0.6) is 0 Å². The molecule has 0 saturated heterocycles. The molecule has 5 nitrogen and oxygen atoms in total. The Morgan fingerprint density at radius 1 is 0.926 bits per heavy atom. The molecule has 1 unspecified atom stereocenters. The van der Waals surface area contributed by atoms with E-state index in [1.807, 2.05) is 92.6 Å². The van der Waals surface area contributed by atoms with Gasteiger partial charge in [0.1, 0.15) is 5.66 Å². The first-order valence-electron chi connectivity index (χ1n) is 9.12. The van der Waals surface area contributed by atoms with Crippen LogP contribution in [0.15, 0.2) is 71.8 Å². The van der Waals surface area contributed by atoms with Crippen molar-refractivity contribution in [1.82, 2.24) is 5.01 Å². The zero-order valence-corrected chi connectivity index (χ0v) is 16.8. The van der Waals surface area contributed by atoms with Crippen LogP contribution in [0.1, 0.15) is 25.0 Å². The van der Waals surface area contributed by atoms with Crippen molar-refractivity contribution in [3.05, 3.63) is 77.9 Å². The molecular weight excluding hydrogens is 359 g/mol. The van der Waals surface area contributed by atoms with Gasteiger partial charge in [-0.2, -0.15) is 5.10 Å². The molecule has 0 N–H and O–H groups in total. The van der Waals surface area contributed by atoms with E-state index in [2.05, 4.69) is 0 Å². The molecule has 1 atom stereocenters. The number of hydrogen-bond donors (Lipinski definition) is 0. The third-order valence-corrected chi connectivity index (χ3v) is 6.61. The highest BCUT2D eigenvalue weighted by atomic mass is 31.2. The number of rotatable bonds is 7. The lowest BCUT2D eigenvalue weighted by atomic mass is 10.0. The molecule has 0 aliphatic carbocycles. The van der Waals surface area contributed by atoms with Crippen LogP contribution >= 0.6 is 7.60 Å².